The maximum absolute atomic E-state index is 5.76. The van der Waals surface area contributed by atoms with Gasteiger partial charge in [-0.05, 0) is 32.1 Å². The molecule has 6 nitrogen and oxygen atoms in total. The van der Waals surface area contributed by atoms with Crippen molar-refractivity contribution in [3.8, 4) is 0 Å². The third-order valence-corrected chi connectivity index (χ3v) is 4.53. The van der Waals surface area contributed by atoms with Gasteiger partial charge in [-0.25, -0.2) is 9.97 Å². The molecule has 1 aliphatic heterocycles. The highest BCUT2D eigenvalue weighted by Gasteiger charge is 2.22. The van der Waals surface area contributed by atoms with Gasteiger partial charge in [0.2, 0.25) is 5.95 Å². The van der Waals surface area contributed by atoms with Crippen molar-refractivity contribution in [2.24, 2.45) is 5.92 Å². The number of imidazole rings is 1. The van der Waals surface area contributed by atoms with Gasteiger partial charge >= 0.3 is 0 Å². The van der Waals surface area contributed by atoms with E-state index in [1.54, 1.807) is 0 Å². The Balaban J connectivity index is 1.64. The summed E-state index contributed by atoms with van der Waals surface area (Å²) in [6.45, 7) is 7.31. The Labute approximate surface area is 131 Å². The van der Waals surface area contributed by atoms with Crippen LogP contribution in [-0.4, -0.2) is 32.6 Å². The van der Waals surface area contributed by atoms with E-state index in [9.17, 15) is 0 Å². The minimum atomic E-state index is 0.364. The first-order chi connectivity index (χ1) is 10.7. The average molecular weight is 300 g/mol. The molecule has 6 heteroatoms. The Hall–Kier alpha value is -2.11. The van der Waals surface area contributed by atoms with E-state index in [1.165, 1.54) is 18.4 Å². The first-order valence-corrected chi connectivity index (χ1v) is 8.01. The molecule has 22 heavy (non-hydrogen) atoms. The third-order valence-electron chi connectivity index (χ3n) is 4.53. The van der Waals surface area contributed by atoms with E-state index in [2.05, 4.69) is 44.5 Å². The molecule has 0 atom stereocenters. The van der Waals surface area contributed by atoms with Crippen LogP contribution in [-0.2, 0) is 13.0 Å². The number of rotatable bonds is 4. The summed E-state index contributed by atoms with van der Waals surface area (Å²) in [7, 11) is 0. The minimum absolute atomic E-state index is 0.364. The van der Waals surface area contributed by atoms with Crippen molar-refractivity contribution < 1.29 is 0 Å². The third kappa shape index (κ3) is 3.05. The maximum atomic E-state index is 5.76. The van der Waals surface area contributed by atoms with E-state index in [0.29, 0.717) is 11.9 Å². The fourth-order valence-corrected chi connectivity index (χ4v) is 3.14. The zero-order chi connectivity index (χ0) is 15.5. The number of nitrogens with two attached hydrogens (primary N) is 1. The van der Waals surface area contributed by atoms with Gasteiger partial charge in [0.1, 0.15) is 11.6 Å². The van der Waals surface area contributed by atoms with Crippen LogP contribution in [0, 0.1) is 12.8 Å². The Morgan fingerprint density at radius 3 is 2.68 bits per heavy atom. The van der Waals surface area contributed by atoms with Crippen LogP contribution in [0.5, 0.6) is 0 Å². The second-order valence-electron chi connectivity index (χ2n) is 5.99. The van der Waals surface area contributed by atoms with E-state index in [4.69, 9.17) is 5.73 Å². The lowest BCUT2D eigenvalue weighted by Crippen LogP contribution is -2.36. The van der Waals surface area contributed by atoms with Crippen LogP contribution in [0.3, 0.4) is 0 Å². The highest BCUT2D eigenvalue weighted by molar-refractivity contribution is 5.49. The molecule has 1 aliphatic rings. The predicted molar refractivity (Wildman–Crippen MR) is 87.7 cm³/mol. The van der Waals surface area contributed by atoms with Crippen LogP contribution in [0.1, 0.15) is 31.2 Å². The Morgan fingerprint density at radius 2 is 2.05 bits per heavy atom. The van der Waals surface area contributed by atoms with E-state index in [1.807, 2.05) is 12.4 Å². The van der Waals surface area contributed by atoms with Gasteiger partial charge in [0.25, 0.3) is 0 Å². The van der Waals surface area contributed by atoms with Gasteiger partial charge in [-0.2, -0.15) is 4.98 Å². The standard InChI is InChI=1S/C16H24N6/c1-3-14-10-19-16(17)20-15(14)21-7-4-13(5-8-21)11-22-9-6-18-12(22)2/h6,9-10,13H,3-5,7-8,11H2,1-2H3,(H2,17,19,20). The number of aromatic nitrogens is 4. The van der Waals surface area contributed by atoms with Crippen molar-refractivity contribution in [3.63, 3.8) is 0 Å². The first kappa shape index (κ1) is 14.8. The SMILES string of the molecule is CCc1cnc(N)nc1N1CCC(Cn2ccnc2C)CC1. The molecule has 0 unspecified atom stereocenters. The van der Waals surface area contributed by atoms with E-state index < -0.39 is 0 Å². The number of hydrogen-bond donors (Lipinski definition) is 1. The smallest absolute Gasteiger partial charge is 0.221 e. The van der Waals surface area contributed by atoms with Crippen molar-refractivity contribution in [3.05, 3.63) is 30.0 Å². The highest BCUT2D eigenvalue weighted by atomic mass is 15.2. The topological polar surface area (TPSA) is 72.9 Å². The molecule has 1 fully saturated rings. The molecule has 2 aromatic rings. The average Bonchev–Trinajstić information content (AvgIpc) is 2.93. The quantitative estimate of drug-likeness (QED) is 0.935. The molecular weight excluding hydrogens is 276 g/mol. The minimum Gasteiger partial charge on any atom is -0.368 e. The number of nitrogens with zero attached hydrogens (tertiary/aromatic N) is 5. The number of nitrogen functional groups attached to an aromatic ring is 1. The van der Waals surface area contributed by atoms with Gasteiger partial charge in [0.15, 0.2) is 0 Å². The van der Waals surface area contributed by atoms with Crippen LogP contribution in [0.25, 0.3) is 0 Å². The monoisotopic (exact) mass is 300 g/mol. The van der Waals surface area contributed by atoms with Crippen molar-refractivity contribution in [2.45, 2.75) is 39.7 Å². The fraction of sp³-hybridized carbons (Fsp3) is 0.562. The van der Waals surface area contributed by atoms with Gasteiger partial charge in [-0.3, -0.25) is 0 Å². The molecule has 0 aromatic carbocycles. The summed E-state index contributed by atoms with van der Waals surface area (Å²) in [4.78, 5) is 15.2. The Morgan fingerprint density at radius 1 is 1.27 bits per heavy atom. The molecule has 3 heterocycles. The fourth-order valence-electron chi connectivity index (χ4n) is 3.14. The molecule has 0 radical (unpaired) electrons. The van der Waals surface area contributed by atoms with Crippen LogP contribution >= 0.6 is 0 Å². The Bertz CT molecular complexity index is 627. The molecule has 0 spiro atoms. The Kier molecular flexibility index (Phi) is 4.27. The summed E-state index contributed by atoms with van der Waals surface area (Å²) < 4.78 is 2.25. The van der Waals surface area contributed by atoms with Crippen LogP contribution in [0.15, 0.2) is 18.6 Å². The summed E-state index contributed by atoms with van der Waals surface area (Å²) in [5.74, 6) is 3.18. The van der Waals surface area contributed by atoms with Gasteiger partial charge in [0.05, 0.1) is 0 Å². The number of piperidine rings is 1. The lowest BCUT2D eigenvalue weighted by atomic mass is 9.96. The van der Waals surface area contributed by atoms with Gasteiger partial charge in [-0.1, -0.05) is 6.92 Å². The summed E-state index contributed by atoms with van der Waals surface area (Å²) in [5, 5.41) is 0. The molecule has 0 bridgehead atoms. The zero-order valence-electron chi connectivity index (χ0n) is 13.4. The normalized spacial score (nSPS) is 16.2. The summed E-state index contributed by atoms with van der Waals surface area (Å²) in [6, 6.07) is 0. The van der Waals surface area contributed by atoms with Crippen molar-refractivity contribution >= 4 is 11.8 Å². The molecule has 3 rings (SSSR count). The van der Waals surface area contributed by atoms with E-state index >= 15 is 0 Å². The number of anilines is 2. The summed E-state index contributed by atoms with van der Waals surface area (Å²) in [6.07, 6.45) is 9.08. The molecule has 2 N–H and O–H groups in total. The molecular formula is C16H24N6. The molecule has 118 valence electrons. The molecule has 1 saturated heterocycles. The first-order valence-electron chi connectivity index (χ1n) is 8.01. The summed E-state index contributed by atoms with van der Waals surface area (Å²) >= 11 is 0. The van der Waals surface area contributed by atoms with Crippen molar-refractivity contribution in [2.75, 3.05) is 23.7 Å². The zero-order valence-corrected chi connectivity index (χ0v) is 13.4. The lowest BCUT2D eigenvalue weighted by Gasteiger charge is -2.34. The van der Waals surface area contributed by atoms with Crippen molar-refractivity contribution in [1.82, 2.24) is 19.5 Å². The molecule has 0 saturated carbocycles. The highest BCUT2D eigenvalue weighted by Crippen LogP contribution is 2.26. The van der Waals surface area contributed by atoms with Gasteiger partial charge in [-0.15, -0.1) is 0 Å². The predicted octanol–water partition coefficient (Wildman–Crippen LogP) is 2.04. The van der Waals surface area contributed by atoms with E-state index in [-0.39, 0.29) is 0 Å². The van der Waals surface area contributed by atoms with Crippen LogP contribution in [0.4, 0.5) is 11.8 Å². The molecule has 0 aliphatic carbocycles. The second kappa shape index (κ2) is 6.34. The largest absolute Gasteiger partial charge is 0.368 e. The molecule has 0 amide bonds. The number of hydrogen-bond acceptors (Lipinski definition) is 5. The summed E-state index contributed by atoms with van der Waals surface area (Å²) in [5.41, 5.74) is 6.94. The second-order valence-corrected chi connectivity index (χ2v) is 5.99. The van der Waals surface area contributed by atoms with Crippen LogP contribution < -0.4 is 10.6 Å². The molecule has 2 aromatic heterocycles. The van der Waals surface area contributed by atoms with E-state index in [0.717, 1.165) is 37.7 Å². The van der Waals surface area contributed by atoms with Gasteiger partial charge < -0.3 is 15.2 Å². The lowest BCUT2D eigenvalue weighted by molar-refractivity contribution is 0.353. The maximum Gasteiger partial charge on any atom is 0.221 e. The number of aryl methyl sites for hydroxylation is 2. The van der Waals surface area contributed by atoms with Crippen molar-refractivity contribution in [1.29, 1.82) is 0 Å². The van der Waals surface area contributed by atoms with Gasteiger partial charge in [0, 0.05) is 43.8 Å². The van der Waals surface area contributed by atoms with Crippen LogP contribution in [0.2, 0.25) is 0 Å².